The Balaban J connectivity index is 2.03. The van der Waals surface area contributed by atoms with Gasteiger partial charge in [-0.05, 0) is 32.6 Å². The maximum atomic E-state index is 11.6. The number of ether oxygens (including phenoxy) is 1. The van der Waals surface area contributed by atoms with E-state index in [4.69, 9.17) is 16.3 Å². The number of rotatable bonds is 1. The van der Waals surface area contributed by atoms with Gasteiger partial charge >= 0.3 is 6.09 Å². The normalized spacial score (nSPS) is 35.9. The van der Waals surface area contributed by atoms with Crippen molar-refractivity contribution in [1.82, 2.24) is 4.90 Å². The third-order valence-corrected chi connectivity index (χ3v) is 3.51. The Morgan fingerprint density at radius 1 is 1.43 bits per heavy atom. The highest BCUT2D eigenvalue weighted by molar-refractivity contribution is 6.20. The van der Waals surface area contributed by atoms with Crippen molar-refractivity contribution in [2.45, 2.75) is 50.1 Å². The zero-order valence-electron chi connectivity index (χ0n) is 8.41. The van der Waals surface area contributed by atoms with E-state index >= 15 is 0 Å². The third kappa shape index (κ3) is 1.70. The lowest BCUT2D eigenvalue weighted by molar-refractivity contribution is 0.0743. The Morgan fingerprint density at radius 3 is 2.50 bits per heavy atom. The van der Waals surface area contributed by atoms with Gasteiger partial charge in [-0.3, -0.25) is 0 Å². The van der Waals surface area contributed by atoms with Crippen LogP contribution in [0.2, 0.25) is 0 Å². The molecule has 2 fully saturated rings. The molecular weight excluding hydrogens is 202 g/mol. The maximum absolute atomic E-state index is 11.6. The fraction of sp³-hybridized carbons (Fsp3) is 0.900. The molecule has 4 heteroatoms. The number of hydrogen-bond acceptors (Lipinski definition) is 2. The van der Waals surface area contributed by atoms with Gasteiger partial charge in [-0.25, -0.2) is 4.79 Å². The van der Waals surface area contributed by atoms with Gasteiger partial charge in [0, 0.05) is 17.5 Å². The van der Waals surface area contributed by atoms with Crippen LogP contribution in [0.25, 0.3) is 0 Å². The van der Waals surface area contributed by atoms with Crippen molar-refractivity contribution in [3.63, 3.8) is 0 Å². The zero-order chi connectivity index (χ0) is 10.1. The molecular formula is C10H16ClNO2. The van der Waals surface area contributed by atoms with Crippen LogP contribution in [0.15, 0.2) is 0 Å². The standard InChI is InChI=1S/C10H16ClNO2/c1-2-14-10(13)12-8-3-4-9(12)6-7(11)5-8/h7-9H,2-6H2,1H3/t8-,9-/m1/s1. The minimum atomic E-state index is -0.149. The van der Waals surface area contributed by atoms with Crippen LogP contribution in [0.4, 0.5) is 4.79 Å². The summed E-state index contributed by atoms with van der Waals surface area (Å²) in [6, 6.07) is 0.658. The average molecular weight is 218 g/mol. The minimum Gasteiger partial charge on any atom is -0.450 e. The number of amides is 1. The lowest BCUT2D eigenvalue weighted by atomic mass is 10.0. The topological polar surface area (TPSA) is 29.5 Å². The van der Waals surface area contributed by atoms with Crippen LogP contribution < -0.4 is 0 Å². The molecule has 0 N–H and O–H groups in total. The van der Waals surface area contributed by atoms with E-state index in [0.717, 1.165) is 25.7 Å². The quantitative estimate of drug-likeness (QED) is 0.632. The summed E-state index contributed by atoms with van der Waals surface area (Å²) in [5, 5.41) is 0.248. The van der Waals surface area contributed by atoms with Gasteiger partial charge in [0.25, 0.3) is 0 Å². The molecule has 2 atom stereocenters. The van der Waals surface area contributed by atoms with Crippen molar-refractivity contribution in [3.05, 3.63) is 0 Å². The van der Waals surface area contributed by atoms with Crippen molar-refractivity contribution < 1.29 is 9.53 Å². The van der Waals surface area contributed by atoms with Gasteiger partial charge in [0.1, 0.15) is 0 Å². The summed E-state index contributed by atoms with van der Waals surface area (Å²) in [4.78, 5) is 13.5. The van der Waals surface area contributed by atoms with E-state index in [2.05, 4.69) is 0 Å². The number of nitrogens with zero attached hydrogens (tertiary/aromatic N) is 1. The molecule has 2 aliphatic rings. The lowest BCUT2D eigenvalue weighted by Gasteiger charge is -2.35. The number of fused-ring (bicyclic) bond motifs is 2. The fourth-order valence-electron chi connectivity index (χ4n) is 2.61. The van der Waals surface area contributed by atoms with E-state index in [0.29, 0.717) is 18.7 Å². The molecule has 2 aliphatic heterocycles. The van der Waals surface area contributed by atoms with Crippen LogP contribution in [0.3, 0.4) is 0 Å². The summed E-state index contributed by atoms with van der Waals surface area (Å²) in [6.45, 7) is 2.30. The molecule has 14 heavy (non-hydrogen) atoms. The Bertz CT molecular complexity index is 220. The summed E-state index contributed by atoms with van der Waals surface area (Å²) in [7, 11) is 0. The molecule has 0 radical (unpaired) electrons. The first kappa shape index (κ1) is 10.1. The largest absolute Gasteiger partial charge is 0.450 e. The molecule has 80 valence electrons. The Hall–Kier alpha value is -0.440. The molecule has 0 aromatic heterocycles. The van der Waals surface area contributed by atoms with Crippen LogP contribution in [-0.4, -0.2) is 35.1 Å². The minimum absolute atomic E-state index is 0.149. The van der Waals surface area contributed by atoms with Gasteiger partial charge in [0.2, 0.25) is 0 Å². The van der Waals surface area contributed by atoms with Crippen LogP contribution in [-0.2, 0) is 4.74 Å². The van der Waals surface area contributed by atoms with Crippen LogP contribution >= 0.6 is 11.6 Å². The molecule has 1 amide bonds. The number of hydrogen-bond donors (Lipinski definition) is 0. The van der Waals surface area contributed by atoms with Crippen molar-refractivity contribution in [2.24, 2.45) is 0 Å². The molecule has 2 saturated heterocycles. The van der Waals surface area contributed by atoms with Gasteiger partial charge < -0.3 is 9.64 Å². The second-order valence-electron chi connectivity index (χ2n) is 4.06. The lowest BCUT2D eigenvalue weighted by Crippen LogP contribution is -2.47. The highest BCUT2D eigenvalue weighted by Crippen LogP contribution is 2.37. The summed E-state index contributed by atoms with van der Waals surface area (Å²) in [6.07, 6.45) is 3.89. The summed E-state index contributed by atoms with van der Waals surface area (Å²) < 4.78 is 5.04. The van der Waals surface area contributed by atoms with Crippen molar-refractivity contribution >= 4 is 17.7 Å². The van der Waals surface area contributed by atoms with Crippen LogP contribution in [0.1, 0.15) is 32.6 Å². The number of alkyl halides is 1. The molecule has 3 nitrogen and oxygen atoms in total. The number of carbonyl (C=O) groups excluding carboxylic acids is 1. The van der Waals surface area contributed by atoms with E-state index in [-0.39, 0.29) is 11.5 Å². The summed E-state index contributed by atoms with van der Waals surface area (Å²) >= 11 is 6.11. The monoisotopic (exact) mass is 217 g/mol. The molecule has 2 rings (SSSR count). The zero-order valence-corrected chi connectivity index (χ0v) is 9.17. The predicted octanol–water partition coefficient (Wildman–Crippen LogP) is 2.38. The van der Waals surface area contributed by atoms with E-state index in [1.54, 1.807) is 0 Å². The molecule has 0 unspecified atom stereocenters. The van der Waals surface area contributed by atoms with Gasteiger partial charge in [0.15, 0.2) is 0 Å². The second-order valence-corrected chi connectivity index (χ2v) is 4.68. The van der Waals surface area contributed by atoms with E-state index in [9.17, 15) is 4.79 Å². The highest BCUT2D eigenvalue weighted by Gasteiger charge is 2.43. The molecule has 2 heterocycles. The van der Waals surface area contributed by atoms with Crippen molar-refractivity contribution in [1.29, 1.82) is 0 Å². The Labute approximate surface area is 89.4 Å². The van der Waals surface area contributed by atoms with Gasteiger partial charge in [-0.15, -0.1) is 11.6 Å². The molecule has 0 aromatic carbocycles. The third-order valence-electron chi connectivity index (χ3n) is 3.15. The number of piperidine rings is 1. The Kier molecular flexibility index (Phi) is 2.86. The molecule has 0 spiro atoms. The van der Waals surface area contributed by atoms with E-state index in [1.165, 1.54) is 0 Å². The van der Waals surface area contributed by atoms with Crippen LogP contribution in [0.5, 0.6) is 0 Å². The van der Waals surface area contributed by atoms with E-state index in [1.807, 2.05) is 11.8 Å². The smallest absolute Gasteiger partial charge is 0.410 e. The first-order valence-corrected chi connectivity index (χ1v) is 5.75. The number of carbonyl (C=O) groups is 1. The average Bonchev–Trinajstić information content (AvgIpc) is 2.39. The fourth-order valence-corrected chi connectivity index (χ4v) is 3.02. The molecule has 2 bridgehead atoms. The van der Waals surface area contributed by atoms with Crippen LogP contribution in [0, 0.1) is 0 Å². The highest BCUT2D eigenvalue weighted by atomic mass is 35.5. The van der Waals surface area contributed by atoms with Gasteiger partial charge in [-0.1, -0.05) is 0 Å². The van der Waals surface area contributed by atoms with E-state index < -0.39 is 0 Å². The molecule has 0 aromatic rings. The summed E-state index contributed by atoms with van der Waals surface area (Å²) in [5.74, 6) is 0. The maximum Gasteiger partial charge on any atom is 0.410 e. The molecule has 0 saturated carbocycles. The summed E-state index contributed by atoms with van der Waals surface area (Å²) in [5.41, 5.74) is 0. The predicted molar refractivity (Wildman–Crippen MR) is 54.5 cm³/mol. The first-order valence-electron chi connectivity index (χ1n) is 5.31. The van der Waals surface area contributed by atoms with Crippen molar-refractivity contribution in [2.75, 3.05) is 6.61 Å². The van der Waals surface area contributed by atoms with Gasteiger partial charge in [0.05, 0.1) is 6.61 Å². The van der Waals surface area contributed by atoms with Gasteiger partial charge in [-0.2, -0.15) is 0 Å². The van der Waals surface area contributed by atoms with Crippen molar-refractivity contribution in [3.8, 4) is 0 Å². The Morgan fingerprint density at radius 2 is 2.00 bits per heavy atom. The molecule has 0 aliphatic carbocycles. The second kappa shape index (κ2) is 3.97. The number of halogens is 1. The SMILES string of the molecule is CCOC(=O)N1[C@@H]2CC[C@@H]1CC(Cl)C2. The first-order chi connectivity index (χ1) is 6.72.